The Hall–Kier alpha value is -2.24. The van der Waals surface area contributed by atoms with Gasteiger partial charge in [0.05, 0.1) is 13.6 Å². The first-order valence-electron chi connectivity index (χ1n) is 7.47. The Bertz CT molecular complexity index is 756. The van der Waals surface area contributed by atoms with Gasteiger partial charge in [-0.25, -0.2) is 0 Å². The van der Waals surface area contributed by atoms with Crippen molar-refractivity contribution in [3.8, 4) is 0 Å². The van der Waals surface area contributed by atoms with Crippen LogP contribution < -0.4 is 5.32 Å². The Labute approximate surface area is 140 Å². The van der Waals surface area contributed by atoms with Crippen LogP contribution in [0.1, 0.15) is 23.0 Å². The molecule has 1 atom stereocenters. The van der Waals surface area contributed by atoms with Crippen molar-refractivity contribution in [3.63, 3.8) is 0 Å². The van der Waals surface area contributed by atoms with Gasteiger partial charge in [0.25, 0.3) is 0 Å². The summed E-state index contributed by atoms with van der Waals surface area (Å²) in [5.41, 5.74) is 2.32. The van der Waals surface area contributed by atoms with Gasteiger partial charge in [-0.2, -0.15) is 4.80 Å². The SMILES string of the molecule is Cn1nnc(CNC(Cc2ccccc2Cl)c2ccccc2)n1. The van der Waals surface area contributed by atoms with Crippen LogP contribution in [0.15, 0.2) is 54.6 Å². The van der Waals surface area contributed by atoms with E-state index in [-0.39, 0.29) is 6.04 Å². The summed E-state index contributed by atoms with van der Waals surface area (Å²) in [5.74, 6) is 0.674. The maximum atomic E-state index is 6.31. The van der Waals surface area contributed by atoms with Crippen LogP contribution in [-0.4, -0.2) is 20.2 Å². The van der Waals surface area contributed by atoms with Crippen molar-refractivity contribution in [2.45, 2.75) is 19.0 Å². The van der Waals surface area contributed by atoms with E-state index < -0.39 is 0 Å². The Kier molecular flexibility index (Phi) is 5.00. The Morgan fingerprint density at radius 3 is 2.52 bits per heavy atom. The number of halogens is 1. The zero-order valence-corrected chi connectivity index (χ0v) is 13.6. The summed E-state index contributed by atoms with van der Waals surface area (Å²) < 4.78 is 0. The number of hydrogen-bond donors (Lipinski definition) is 1. The number of tetrazole rings is 1. The molecule has 1 aromatic heterocycles. The van der Waals surface area contributed by atoms with E-state index in [1.54, 1.807) is 7.05 Å². The van der Waals surface area contributed by atoms with Gasteiger partial charge in [-0.15, -0.1) is 10.2 Å². The summed E-state index contributed by atoms with van der Waals surface area (Å²) in [6.07, 6.45) is 0.796. The summed E-state index contributed by atoms with van der Waals surface area (Å²) in [4.78, 5) is 1.46. The third kappa shape index (κ3) is 4.15. The quantitative estimate of drug-likeness (QED) is 0.756. The number of aromatic nitrogens is 4. The summed E-state index contributed by atoms with van der Waals surface area (Å²) >= 11 is 6.31. The van der Waals surface area contributed by atoms with E-state index >= 15 is 0 Å². The van der Waals surface area contributed by atoms with Crippen molar-refractivity contribution < 1.29 is 0 Å². The fourth-order valence-electron chi connectivity index (χ4n) is 2.49. The summed E-state index contributed by atoms with van der Waals surface area (Å²) in [7, 11) is 1.76. The van der Waals surface area contributed by atoms with E-state index in [1.165, 1.54) is 10.4 Å². The predicted octanol–water partition coefficient (Wildman–Crippen LogP) is 2.94. The average Bonchev–Trinajstić information content (AvgIpc) is 2.99. The van der Waals surface area contributed by atoms with Crippen LogP contribution in [-0.2, 0) is 20.0 Å². The molecule has 1 unspecified atom stereocenters. The molecule has 2 aromatic carbocycles. The van der Waals surface area contributed by atoms with E-state index in [4.69, 9.17) is 11.6 Å². The van der Waals surface area contributed by atoms with Gasteiger partial charge in [-0.05, 0) is 28.8 Å². The first kappa shape index (κ1) is 15.6. The predicted molar refractivity (Wildman–Crippen MR) is 90.0 cm³/mol. The largest absolute Gasteiger partial charge is 0.302 e. The van der Waals surface area contributed by atoms with Gasteiger partial charge < -0.3 is 5.32 Å². The second-order valence-electron chi connectivity index (χ2n) is 5.33. The third-order valence-corrected chi connectivity index (χ3v) is 4.01. The highest BCUT2D eigenvalue weighted by atomic mass is 35.5. The Morgan fingerprint density at radius 1 is 1.09 bits per heavy atom. The molecule has 5 nitrogen and oxygen atoms in total. The number of benzene rings is 2. The molecule has 0 radical (unpaired) electrons. The zero-order chi connectivity index (χ0) is 16.1. The molecule has 1 heterocycles. The second-order valence-corrected chi connectivity index (χ2v) is 5.74. The topological polar surface area (TPSA) is 55.6 Å². The molecule has 0 spiro atoms. The van der Waals surface area contributed by atoms with Crippen molar-refractivity contribution in [2.24, 2.45) is 7.05 Å². The van der Waals surface area contributed by atoms with Crippen LogP contribution in [0.5, 0.6) is 0 Å². The van der Waals surface area contributed by atoms with Gasteiger partial charge >= 0.3 is 0 Å². The molecule has 118 valence electrons. The average molecular weight is 328 g/mol. The van der Waals surface area contributed by atoms with E-state index in [0.29, 0.717) is 12.4 Å². The smallest absolute Gasteiger partial charge is 0.188 e. The second kappa shape index (κ2) is 7.35. The van der Waals surface area contributed by atoms with Crippen LogP contribution in [0.3, 0.4) is 0 Å². The van der Waals surface area contributed by atoms with E-state index in [0.717, 1.165) is 17.0 Å². The van der Waals surface area contributed by atoms with Gasteiger partial charge in [0.2, 0.25) is 0 Å². The highest BCUT2D eigenvalue weighted by molar-refractivity contribution is 6.31. The normalized spacial score (nSPS) is 12.3. The van der Waals surface area contributed by atoms with Crippen molar-refractivity contribution in [1.82, 2.24) is 25.5 Å². The number of nitrogens with one attached hydrogen (secondary N) is 1. The zero-order valence-electron chi connectivity index (χ0n) is 12.9. The summed E-state index contributed by atoms with van der Waals surface area (Å²) in [6, 6.07) is 18.4. The molecule has 0 saturated heterocycles. The Balaban J connectivity index is 1.78. The molecule has 0 bridgehead atoms. The van der Waals surface area contributed by atoms with Gasteiger partial charge in [0.15, 0.2) is 5.82 Å². The molecule has 0 amide bonds. The molecule has 3 rings (SSSR count). The van der Waals surface area contributed by atoms with Crippen LogP contribution in [0.2, 0.25) is 5.02 Å². The molecule has 1 N–H and O–H groups in total. The lowest BCUT2D eigenvalue weighted by atomic mass is 9.99. The number of hydrogen-bond acceptors (Lipinski definition) is 4. The van der Waals surface area contributed by atoms with Crippen molar-refractivity contribution in [1.29, 1.82) is 0 Å². The summed E-state index contributed by atoms with van der Waals surface area (Å²) in [5, 5.41) is 16.4. The molecule has 0 fully saturated rings. The minimum absolute atomic E-state index is 0.125. The minimum atomic E-state index is 0.125. The molecule has 3 aromatic rings. The maximum absolute atomic E-state index is 6.31. The molecule has 0 aliphatic heterocycles. The van der Waals surface area contributed by atoms with Gasteiger partial charge in [-0.3, -0.25) is 0 Å². The van der Waals surface area contributed by atoms with E-state index in [2.05, 4.69) is 38.9 Å². The van der Waals surface area contributed by atoms with Crippen molar-refractivity contribution in [2.75, 3.05) is 0 Å². The van der Waals surface area contributed by atoms with Crippen molar-refractivity contribution in [3.05, 3.63) is 76.6 Å². The lowest BCUT2D eigenvalue weighted by molar-refractivity contribution is 0.517. The van der Waals surface area contributed by atoms with Gasteiger partial charge in [-0.1, -0.05) is 60.1 Å². The molecular formula is C17H18ClN5. The molecular weight excluding hydrogens is 310 g/mol. The lowest BCUT2D eigenvalue weighted by Crippen LogP contribution is -2.23. The molecule has 23 heavy (non-hydrogen) atoms. The highest BCUT2D eigenvalue weighted by Gasteiger charge is 2.14. The Morgan fingerprint density at radius 2 is 1.83 bits per heavy atom. The van der Waals surface area contributed by atoms with Gasteiger partial charge in [0.1, 0.15) is 0 Å². The lowest BCUT2D eigenvalue weighted by Gasteiger charge is -2.19. The van der Waals surface area contributed by atoms with Crippen LogP contribution in [0, 0.1) is 0 Å². The summed E-state index contributed by atoms with van der Waals surface area (Å²) in [6.45, 7) is 0.553. The van der Waals surface area contributed by atoms with E-state index in [9.17, 15) is 0 Å². The highest BCUT2D eigenvalue weighted by Crippen LogP contribution is 2.23. The standard InChI is InChI=1S/C17H18ClN5/c1-23-21-17(20-22-23)12-19-16(13-7-3-2-4-8-13)11-14-9-5-6-10-15(14)18/h2-10,16,19H,11-12H2,1H3. The number of rotatable bonds is 6. The molecule has 0 aliphatic rings. The molecule has 0 saturated carbocycles. The number of aryl methyl sites for hydroxylation is 1. The molecule has 0 aliphatic carbocycles. The van der Waals surface area contributed by atoms with Crippen LogP contribution >= 0.6 is 11.6 Å². The first-order valence-corrected chi connectivity index (χ1v) is 7.85. The fourth-order valence-corrected chi connectivity index (χ4v) is 2.70. The van der Waals surface area contributed by atoms with E-state index in [1.807, 2.05) is 36.4 Å². The van der Waals surface area contributed by atoms with Crippen molar-refractivity contribution >= 4 is 11.6 Å². The molecule has 6 heteroatoms. The van der Waals surface area contributed by atoms with Crippen LogP contribution in [0.4, 0.5) is 0 Å². The first-order chi connectivity index (χ1) is 11.2. The number of nitrogens with zero attached hydrogens (tertiary/aromatic N) is 4. The monoisotopic (exact) mass is 327 g/mol. The maximum Gasteiger partial charge on any atom is 0.188 e. The third-order valence-electron chi connectivity index (χ3n) is 3.64. The minimum Gasteiger partial charge on any atom is -0.302 e. The van der Waals surface area contributed by atoms with Crippen LogP contribution in [0.25, 0.3) is 0 Å². The van der Waals surface area contributed by atoms with Gasteiger partial charge in [0, 0.05) is 11.1 Å². The fraction of sp³-hybridized carbons (Fsp3) is 0.235.